The number of amides is 1. The van der Waals surface area contributed by atoms with Crippen molar-refractivity contribution < 1.29 is 9.18 Å². The number of hydrogen-bond acceptors (Lipinski definition) is 3. The number of likely N-dealkylation sites (N-methyl/N-ethyl adjacent to an activating group) is 1. The maximum atomic E-state index is 13.2. The van der Waals surface area contributed by atoms with Crippen LogP contribution in [-0.2, 0) is 0 Å². The number of piperazine rings is 1. The van der Waals surface area contributed by atoms with Gasteiger partial charge in [-0.1, -0.05) is 18.5 Å². The van der Waals surface area contributed by atoms with Crippen LogP contribution in [0, 0.1) is 5.82 Å². The number of pyridine rings is 1. The third-order valence-corrected chi connectivity index (χ3v) is 3.80. The molecule has 1 saturated heterocycles. The standard InChI is InChI=1S/C13H17ClFN3O/c1-3-17-4-5-18(8-9(17)2)13(19)11-6-10(15)7-16-12(11)14/h6-7,9H,3-5,8H2,1-2H3. The third-order valence-electron chi connectivity index (χ3n) is 3.49. The van der Waals surface area contributed by atoms with Crippen molar-refractivity contribution in [3.8, 4) is 0 Å². The van der Waals surface area contributed by atoms with Crippen LogP contribution in [0.15, 0.2) is 12.3 Å². The van der Waals surface area contributed by atoms with Gasteiger partial charge in [0.25, 0.3) is 5.91 Å². The summed E-state index contributed by atoms with van der Waals surface area (Å²) in [4.78, 5) is 20.0. The lowest BCUT2D eigenvalue weighted by molar-refractivity contribution is 0.0527. The first-order chi connectivity index (χ1) is 9.02. The molecule has 104 valence electrons. The third kappa shape index (κ3) is 3.04. The molecule has 0 radical (unpaired) electrons. The fourth-order valence-electron chi connectivity index (χ4n) is 2.39. The monoisotopic (exact) mass is 285 g/mol. The van der Waals surface area contributed by atoms with E-state index in [0.29, 0.717) is 19.1 Å². The number of carbonyl (C=O) groups excluding carboxylic acids is 1. The number of halogens is 2. The molecule has 1 atom stereocenters. The fourth-order valence-corrected chi connectivity index (χ4v) is 2.58. The zero-order valence-corrected chi connectivity index (χ0v) is 11.8. The Kier molecular flexibility index (Phi) is 4.37. The van der Waals surface area contributed by atoms with E-state index in [1.807, 2.05) is 0 Å². The highest BCUT2D eigenvalue weighted by Gasteiger charge is 2.27. The Morgan fingerprint density at radius 1 is 1.58 bits per heavy atom. The second-order valence-corrected chi connectivity index (χ2v) is 5.08. The van der Waals surface area contributed by atoms with Gasteiger partial charge in [0.2, 0.25) is 0 Å². The van der Waals surface area contributed by atoms with Gasteiger partial charge in [0.15, 0.2) is 0 Å². The van der Waals surface area contributed by atoms with Crippen molar-refractivity contribution in [3.63, 3.8) is 0 Å². The molecule has 2 heterocycles. The van der Waals surface area contributed by atoms with E-state index in [0.717, 1.165) is 25.4 Å². The summed E-state index contributed by atoms with van der Waals surface area (Å²) < 4.78 is 13.2. The Labute approximate surface area is 117 Å². The molecule has 0 N–H and O–H groups in total. The number of aromatic nitrogens is 1. The van der Waals surface area contributed by atoms with Gasteiger partial charge in [-0.05, 0) is 19.5 Å². The zero-order chi connectivity index (χ0) is 14.0. The van der Waals surface area contributed by atoms with E-state index < -0.39 is 5.82 Å². The lowest BCUT2D eigenvalue weighted by Crippen LogP contribution is -2.53. The van der Waals surface area contributed by atoms with Crippen molar-refractivity contribution in [1.82, 2.24) is 14.8 Å². The van der Waals surface area contributed by atoms with E-state index in [2.05, 4.69) is 23.7 Å². The van der Waals surface area contributed by atoms with Gasteiger partial charge in [0.05, 0.1) is 11.8 Å². The molecule has 4 nitrogen and oxygen atoms in total. The molecule has 1 fully saturated rings. The summed E-state index contributed by atoms with van der Waals surface area (Å²) in [5.41, 5.74) is 0.138. The first-order valence-electron chi connectivity index (χ1n) is 6.37. The SMILES string of the molecule is CCN1CCN(C(=O)c2cc(F)cnc2Cl)CC1C. The van der Waals surface area contributed by atoms with Gasteiger partial charge in [0, 0.05) is 25.7 Å². The highest BCUT2D eigenvalue weighted by Crippen LogP contribution is 2.18. The summed E-state index contributed by atoms with van der Waals surface area (Å²) in [5, 5.41) is 0.0528. The van der Waals surface area contributed by atoms with E-state index in [4.69, 9.17) is 11.6 Å². The second-order valence-electron chi connectivity index (χ2n) is 4.72. The Hall–Kier alpha value is -1.20. The minimum absolute atomic E-state index is 0.0528. The highest BCUT2D eigenvalue weighted by atomic mass is 35.5. The summed E-state index contributed by atoms with van der Waals surface area (Å²) >= 11 is 5.87. The Bertz CT molecular complexity index is 483. The van der Waals surface area contributed by atoms with Crippen LogP contribution in [0.3, 0.4) is 0 Å². The van der Waals surface area contributed by atoms with Crippen LogP contribution in [0.4, 0.5) is 4.39 Å². The highest BCUT2D eigenvalue weighted by molar-refractivity contribution is 6.32. The predicted octanol–water partition coefficient (Wildman–Crippen LogP) is 2.04. The number of nitrogens with zero attached hydrogens (tertiary/aromatic N) is 3. The molecule has 1 aromatic rings. The van der Waals surface area contributed by atoms with E-state index >= 15 is 0 Å². The van der Waals surface area contributed by atoms with E-state index in [-0.39, 0.29) is 16.6 Å². The minimum atomic E-state index is -0.548. The molecule has 1 aliphatic heterocycles. The van der Waals surface area contributed by atoms with Crippen LogP contribution in [0.2, 0.25) is 5.15 Å². The molecular weight excluding hydrogens is 269 g/mol. The van der Waals surface area contributed by atoms with Gasteiger partial charge in [-0.15, -0.1) is 0 Å². The molecule has 0 saturated carbocycles. The molecule has 0 spiro atoms. The van der Waals surface area contributed by atoms with Gasteiger partial charge < -0.3 is 4.90 Å². The maximum Gasteiger partial charge on any atom is 0.257 e. The van der Waals surface area contributed by atoms with E-state index in [1.165, 1.54) is 0 Å². The van der Waals surface area contributed by atoms with Crippen molar-refractivity contribution in [3.05, 3.63) is 28.8 Å². The molecule has 1 aromatic heterocycles. The van der Waals surface area contributed by atoms with Crippen LogP contribution < -0.4 is 0 Å². The summed E-state index contributed by atoms with van der Waals surface area (Å²) in [7, 11) is 0. The molecule has 1 aliphatic rings. The lowest BCUT2D eigenvalue weighted by Gasteiger charge is -2.39. The molecule has 1 unspecified atom stereocenters. The molecule has 6 heteroatoms. The van der Waals surface area contributed by atoms with Crippen molar-refractivity contribution in [1.29, 1.82) is 0 Å². The molecule has 2 rings (SSSR count). The molecule has 0 aromatic carbocycles. The topological polar surface area (TPSA) is 36.4 Å². The van der Waals surface area contributed by atoms with Crippen LogP contribution in [0.1, 0.15) is 24.2 Å². The number of carbonyl (C=O) groups is 1. The Balaban J connectivity index is 2.14. The maximum absolute atomic E-state index is 13.2. The summed E-state index contributed by atoms with van der Waals surface area (Å²) in [6.07, 6.45) is 1.01. The molecule has 1 amide bonds. The zero-order valence-electron chi connectivity index (χ0n) is 11.1. The Morgan fingerprint density at radius 3 is 2.95 bits per heavy atom. The fraction of sp³-hybridized carbons (Fsp3) is 0.538. The van der Waals surface area contributed by atoms with Gasteiger partial charge in [-0.3, -0.25) is 9.69 Å². The van der Waals surface area contributed by atoms with Crippen LogP contribution >= 0.6 is 11.6 Å². The molecular formula is C13H17ClFN3O. The van der Waals surface area contributed by atoms with Gasteiger partial charge in [-0.25, -0.2) is 9.37 Å². The van der Waals surface area contributed by atoms with Crippen molar-refractivity contribution in [2.24, 2.45) is 0 Å². The quantitative estimate of drug-likeness (QED) is 0.780. The second kappa shape index (κ2) is 5.84. The summed E-state index contributed by atoms with van der Waals surface area (Å²) in [6.45, 7) is 7.22. The number of rotatable bonds is 2. The molecule has 19 heavy (non-hydrogen) atoms. The smallest absolute Gasteiger partial charge is 0.257 e. The van der Waals surface area contributed by atoms with Gasteiger partial charge >= 0.3 is 0 Å². The van der Waals surface area contributed by atoms with Crippen molar-refractivity contribution in [2.45, 2.75) is 19.9 Å². The minimum Gasteiger partial charge on any atom is -0.336 e. The first-order valence-corrected chi connectivity index (χ1v) is 6.75. The van der Waals surface area contributed by atoms with Crippen LogP contribution in [-0.4, -0.2) is 52.9 Å². The molecule has 0 bridgehead atoms. The molecule has 0 aliphatic carbocycles. The normalized spacial score (nSPS) is 20.6. The predicted molar refractivity (Wildman–Crippen MR) is 71.8 cm³/mol. The van der Waals surface area contributed by atoms with E-state index in [1.54, 1.807) is 4.90 Å². The summed E-state index contributed by atoms with van der Waals surface area (Å²) in [6, 6.07) is 1.44. The number of hydrogen-bond donors (Lipinski definition) is 0. The van der Waals surface area contributed by atoms with E-state index in [9.17, 15) is 9.18 Å². The van der Waals surface area contributed by atoms with Gasteiger partial charge in [-0.2, -0.15) is 0 Å². The van der Waals surface area contributed by atoms with Crippen molar-refractivity contribution in [2.75, 3.05) is 26.2 Å². The van der Waals surface area contributed by atoms with Crippen molar-refractivity contribution >= 4 is 17.5 Å². The van der Waals surface area contributed by atoms with Crippen LogP contribution in [0.25, 0.3) is 0 Å². The first kappa shape index (κ1) is 14.2. The average molecular weight is 286 g/mol. The Morgan fingerprint density at radius 2 is 2.32 bits per heavy atom. The summed E-state index contributed by atoms with van der Waals surface area (Å²) in [5.74, 6) is -0.799. The van der Waals surface area contributed by atoms with Crippen LogP contribution in [0.5, 0.6) is 0 Å². The van der Waals surface area contributed by atoms with Gasteiger partial charge in [0.1, 0.15) is 11.0 Å². The lowest BCUT2D eigenvalue weighted by atomic mass is 10.1. The average Bonchev–Trinajstić information content (AvgIpc) is 2.40. The largest absolute Gasteiger partial charge is 0.336 e.